The minimum Gasteiger partial charge on any atom is -0.367 e. The second-order valence-corrected chi connectivity index (χ2v) is 5.98. The maximum atomic E-state index is 14.2. The van der Waals surface area contributed by atoms with Gasteiger partial charge in [-0.15, -0.1) is 11.3 Å². The quantitative estimate of drug-likeness (QED) is 0.743. The number of anilines is 1. The molecule has 6 heteroatoms. The van der Waals surface area contributed by atoms with E-state index in [1.165, 1.54) is 17.4 Å². The molecule has 0 saturated carbocycles. The minimum atomic E-state index is -0.529. The molecule has 0 fully saturated rings. The van der Waals surface area contributed by atoms with Gasteiger partial charge in [0, 0.05) is 10.4 Å². The van der Waals surface area contributed by atoms with Crippen LogP contribution in [0.25, 0.3) is 21.7 Å². The molecule has 102 valence electrons. The molecular formula is C14H10ClFN2OS. The molecule has 0 aliphatic rings. The molecule has 0 bridgehead atoms. The fourth-order valence-electron chi connectivity index (χ4n) is 1.99. The zero-order chi connectivity index (χ0) is 14.3. The van der Waals surface area contributed by atoms with Crippen molar-refractivity contribution < 1.29 is 8.91 Å². The fraction of sp³-hybridized carbons (Fsp3) is 0.0714. The van der Waals surface area contributed by atoms with Crippen molar-refractivity contribution in [3.8, 4) is 21.7 Å². The Kier molecular flexibility index (Phi) is 3.23. The van der Waals surface area contributed by atoms with Crippen LogP contribution in [0.4, 0.5) is 10.3 Å². The summed E-state index contributed by atoms with van der Waals surface area (Å²) >= 11 is 7.36. The summed E-state index contributed by atoms with van der Waals surface area (Å²) in [7, 11) is 0. The maximum Gasteiger partial charge on any atom is 0.230 e. The molecule has 1 aromatic carbocycles. The average molecular weight is 309 g/mol. The highest BCUT2D eigenvalue weighted by Crippen LogP contribution is 2.40. The van der Waals surface area contributed by atoms with E-state index in [1.54, 1.807) is 12.1 Å². The Balaban J connectivity index is 2.24. The van der Waals surface area contributed by atoms with Crippen LogP contribution in [-0.4, -0.2) is 5.16 Å². The molecule has 3 nitrogen and oxygen atoms in total. The van der Waals surface area contributed by atoms with Crippen molar-refractivity contribution in [3.05, 3.63) is 46.0 Å². The molecule has 2 aromatic heterocycles. The third-order valence-corrected chi connectivity index (χ3v) is 4.21. The Labute approximate surface area is 123 Å². The van der Waals surface area contributed by atoms with E-state index in [2.05, 4.69) is 5.16 Å². The van der Waals surface area contributed by atoms with E-state index < -0.39 is 5.82 Å². The summed E-state index contributed by atoms with van der Waals surface area (Å²) in [6.45, 7) is 1.98. The van der Waals surface area contributed by atoms with E-state index in [-0.39, 0.29) is 16.5 Å². The number of halogens is 2. The lowest BCUT2D eigenvalue weighted by Crippen LogP contribution is -1.90. The number of hydrogen-bond donors (Lipinski definition) is 1. The summed E-state index contributed by atoms with van der Waals surface area (Å²) in [5.41, 5.74) is 7.06. The van der Waals surface area contributed by atoms with E-state index in [1.807, 2.05) is 19.1 Å². The molecule has 0 atom stereocenters. The lowest BCUT2D eigenvalue weighted by molar-refractivity contribution is 0.439. The summed E-state index contributed by atoms with van der Waals surface area (Å²) < 4.78 is 19.2. The van der Waals surface area contributed by atoms with Gasteiger partial charge in [-0.2, -0.15) is 0 Å². The van der Waals surface area contributed by atoms with Gasteiger partial charge < -0.3 is 10.3 Å². The molecule has 3 aromatic rings. The molecule has 0 amide bonds. The van der Waals surface area contributed by atoms with Crippen molar-refractivity contribution in [3.63, 3.8) is 0 Å². The van der Waals surface area contributed by atoms with Crippen molar-refractivity contribution >= 4 is 28.8 Å². The van der Waals surface area contributed by atoms with Gasteiger partial charge in [0.1, 0.15) is 11.5 Å². The van der Waals surface area contributed by atoms with Gasteiger partial charge in [0.25, 0.3) is 0 Å². The summed E-state index contributed by atoms with van der Waals surface area (Å²) in [5, 5.41) is 3.99. The normalized spacial score (nSPS) is 10.9. The molecule has 2 heterocycles. The predicted molar refractivity (Wildman–Crippen MR) is 79.4 cm³/mol. The van der Waals surface area contributed by atoms with Crippen LogP contribution in [0.15, 0.2) is 34.9 Å². The van der Waals surface area contributed by atoms with Gasteiger partial charge in [-0.25, -0.2) is 4.39 Å². The Morgan fingerprint density at radius 3 is 2.80 bits per heavy atom. The highest BCUT2D eigenvalue weighted by Gasteiger charge is 2.22. The van der Waals surface area contributed by atoms with Crippen LogP contribution in [0.2, 0.25) is 5.02 Å². The third-order valence-electron chi connectivity index (χ3n) is 2.91. The number of nitrogens with zero attached hydrogens (tertiary/aromatic N) is 1. The van der Waals surface area contributed by atoms with Gasteiger partial charge in [0.05, 0.1) is 15.5 Å². The number of nitrogens with two attached hydrogens (primary N) is 1. The average Bonchev–Trinajstić information content (AvgIpc) is 2.99. The summed E-state index contributed by atoms with van der Waals surface area (Å²) in [5.74, 6) is -0.453. The first-order valence-electron chi connectivity index (χ1n) is 5.84. The monoisotopic (exact) mass is 308 g/mol. The SMILES string of the molecule is Cc1ccc(-c2noc(N)c2-c2cccc(Cl)c2F)s1. The van der Waals surface area contributed by atoms with Gasteiger partial charge in [-0.05, 0) is 25.1 Å². The molecule has 0 saturated heterocycles. The van der Waals surface area contributed by atoms with Crippen LogP contribution in [0, 0.1) is 12.7 Å². The largest absolute Gasteiger partial charge is 0.367 e. The lowest BCUT2D eigenvalue weighted by atomic mass is 10.0. The van der Waals surface area contributed by atoms with Crippen molar-refractivity contribution in [1.82, 2.24) is 5.16 Å². The first kappa shape index (κ1) is 13.1. The van der Waals surface area contributed by atoms with E-state index >= 15 is 0 Å². The third kappa shape index (κ3) is 2.09. The van der Waals surface area contributed by atoms with E-state index in [0.29, 0.717) is 11.3 Å². The maximum absolute atomic E-state index is 14.2. The summed E-state index contributed by atoms with van der Waals surface area (Å²) in [4.78, 5) is 2.00. The molecule has 0 aliphatic heterocycles. The van der Waals surface area contributed by atoms with Crippen LogP contribution in [0.5, 0.6) is 0 Å². The first-order chi connectivity index (χ1) is 9.58. The molecule has 0 radical (unpaired) electrons. The molecule has 0 aliphatic carbocycles. The molecule has 3 rings (SSSR count). The standard InChI is InChI=1S/C14H10ClFN2OS/c1-7-5-6-10(20-7)13-11(14(17)19-18-13)8-3-2-4-9(15)12(8)16/h2-6H,17H2,1H3. The highest BCUT2D eigenvalue weighted by atomic mass is 35.5. The number of nitrogen functional groups attached to an aromatic ring is 1. The van der Waals surface area contributed by atoms with E-state index in [0.717, 1.165) is 9.75 Å². The van der Waals surface area contributed by atoms with Crippen molar-refractivity contribution in [2.75, 3.05) is 5.73 Å². The Morgan fingerprint density at radius 1 is 1.30 bits per heavy atom. The van der Waals surface area contributed by atoms with Crippen LogP contribution in [0.3, 0.4) is 0 Å². The molecule has 0 unspecified atom stereocenters. The van der Waals surface area contributed by atoms with Crippen LogP contribution in [-0.2, 0) is 0 Å². The van der Waals surface area contributed by atoms with Crippen LogP contribution in [0.1, 0.15) is 4.88 Å². The zero-order valence-electron chi connectivity index (χ0n) is 10.5. The first-order valence-corrected chi connectivity index (χ1v) is 7.03. The van der Waals surface area contributed by atoms with Gasteiger partial charge in [0.2, 0.25) is 5.88 Å². The molecule has 2 N–H and O–H groups in total. The Bertz CT molecular complexity index is 781. The van der Waals surface area contributed by atoms with Gasteiger partial charge in [0.15, 0.2) is 0 Å². The topological polar surface area (TPSA) is 52.0 Å². The van der Waals surface area contributed by atoms with E-state index in [9.17, 15) is 4.39 Å². The number of thiophene rings is 1. The van der Waals surface area contributed by atoms with Gasteiger partial charge in [-0.1, -0.05) is 28.9 Å². The Morgan fingerprint density at radius 2 is 2.10 bits per heavy atom. The number of aryl methyl sites for hydroxylation is 1. The fourth-order valence-corrected chi connectivity index (χ4v) is 3.02. The zero-order valence-corrected chi connectivity index (χ0v) is 12.1. The number of benzene rings is 1. The van der Waals surface area contributed by atoms with Gasteiger partial charge >= 0.3 is 0 Å². The molecular weight excluding hydrogens is 299 g/mol. The van der Waals surface area contributed by atoms with Crippen LogP contribution < -0.4 is 5.73 Å². The number of rotatable bonds is 2. The number of hydrogen-bond acceptors (Lipinski definition) is 4. The second kappa shape index (κ2) is 4.92. The van der Waals surface area contributed by atoms with Crippen molar-refractivity contribution in [2.24, 2.45) is 0 Å². The lowest BCUT2D eigenvalue weighted by Gasteiger charge is -2.04. The van der Waals surface area contributed by atoms with Crippen molar-refractivity contribution in [1.29, 1.82) is 0 Å². The molecule has 20 heavy (non-hydrogen) atoms. The second-order valence-electron chi connectivity index (χ2n) is 4.28. The smallest absolute Gasteiger partial charge is 0.230 e. The predicted octanol–water partition coefficient (Wildman–Crippen LogP) is 4.75. The summed E-state index contributed by atoms with van der Waals surface area (Å²) in [6, 6.07) is 8.62. The highest BCUT2D eigenvalue weighted by molar-refractivity contribution is 7.15. The van der Waals surface area contributed by atoms with Gasteiger partial charge in [-0.3, -0.25) is 0 Å². The number of aromatic nitrogens is 1. The van der Waals surface area contributed by atoms with E-state index in [4.69, 9.17) is 21.9 Å². The minimum absolute atomic E-state index is 0.0383. The summed E-state index contributed by atoms with van der Waals surface area (Å²) in [6.07, 6.45) is 0. The Hall–Kier alpha value is -1.85. The van der Waals surface area contributed by atoms with Crippen molar-refractivity contribution in [2.45, 2.75) is 6.92 Å². The van der Waals surface area contributed by atoms with Crippen LogP contribution >= 0.6 is 22.9 Å². The molecule has 0 spiro atoms.